The number of rotatable bonds is 4. The summed E-state index contributed by atoms with van der Waals surface area (Å²) in [5, 5.41) is 0. The van der Waals surface area contributed by atoms with Crippen molar-refractivity contribution in [2.45, 2.75) is 24.8 Å². The third-order valence-corrected chi connectivity index (χ3v) is 4.06. The molecule has 2 aromatic rings. The van der Waals surface area contributed by atoms with Crippen molar-refractivity contribution < 1.29 is 0 Å². The van der Waals surface area contributed by atoms with E-state index in [1.54, 1.807) is 18.0 Å². The maximum absolute atomic E-state index is 6.21. The molecule has 0 aliphatic heterocycles. The molecule has 0 spiro atoms. The van der Waals surface area contributed by atoms with Gasteiger partial charge in [-0.25, -0.2) is 0 Å². The van der Waals surface area contributed by atoms with Crippen LogP contribution >= 0.6 is 11.8 Å². The molecule has 18 heavy (non-hydrogen) atoms. The lowest BCUT2D eigenvalue weighted by Crippen LogP contribution is -2.14. The second kappa shape index (κ2) is 6.03. The van der Waals surface area contributed by atoms with E-state index in [1.807, 2.05) is 12.3 Å². The molecule has 94 valence electrons. The number of nitrogens with two attached hydrogens (primary N) is 1. The van der Waals surface area contributed by atoms with Gasteiger partial charge in [0.2, 0.25) is 0 Å². The van der Waals surface area contributed by atoms with Crippen molar-refractivity contribution in [3.8, 4) is 0 Å². The standard InChI is InChI=1S/C15H18N2S/c1-11-3-5-13(6-4-11)18-10-15(16)14-9-17-8-7-12(14)2/h3-9,15H,10,16H2,1-2H3. The quantitative estimate of drug-likeness (QED) is 0.853. The highest BCUT2D eigenvalue weighted by atomic mass is 32.2. The summed E-state index contributed by atoms with van der Waals surface area (Å²) >= 11 is 1.79. The molecule has 1 atom stereocenters. The fourth-order valence-electron chi connectivity index (χ4n) is 1.77. The molecular formula is C15H18N2S. The van der Waals surface area contributed by atoms with E-state index in [4.69, 9.17) is 5.73 Å². The largest absolute Gasteiger partial charge is 0.323 e. The highest BCUT2D eigenvalue weighted by molar-refractivity contribution is 7.99. The molecular weight excluding hydrogens is 240 g/mol. The molecule has 0 amide bonds. The minimum Gasteiger partial charge on any atom is -0.323 e. The van der Waals surface area contributed by atoms with Crippen LogP contribution in [0.5, 0.6) is 0 Å². The molecule has 2 rings (SSSR count). The van der Waals surface area contributed by atoms with Crippen molar-refractivity contribution in [1.29, 1.82) is 0 Å². The molecule has 0 radical (unpaired) electrons. The molecule has 1 aromatic heterocycles. The van der Waals surface area contributed by atoms with E-state index in [9.17, 15) is 0 Å². The van der Waals surface area contributed by atoms with Crippen LogP contribution in [0, 0.1) is 13.8 Å². The van der Waals surface area contributed by atoms with E-state index < -0.39 is 0 Å². The van der Waals surface area contributed by atoms with Gasteiger partial charge in [-0.05, 0) is 43.2 Å². The van der Waals surface area contributed by atoms with Crippen LogP contribution in [0.2, 0.25) is 0 Å². The third kappa shape index (κ3) is 3.34. The summed E-state index contributed by atoms with van der Waals surface area (Å²) in [4.78, 5) is 5.41. The SMILES string of the molecule is Cc1ccc(SCC(N)c2cnccc2C)cc1. The maximum atomic E-state index is 6.21. The van der Waals surface area contributed by atoms with Gasteiger partial charge in [0.05, 0.1) is 0 Å². The van der Waals surface area contributed by atoms with Gasteiger partial charge in [0, 0.05) is 29.1 Å². The van der Waals surface area contributed by atoms with Gasteiger partial charge < -0.3 is 5.73 Å². The molecule has 1 aromatic carbocycles. The lowest BCUT2D eigenvalue weighted by Gasteiger charge is -2.13. The van der Waals surface area contributed by atoms with Crippen LogP contribution in [0.4, 0.5) is 0 Å². The number of aromatic nitrogens is 1. The van der Waals surface area contributed by atoms with Crippen LogP contribution in [-0.4, -0.2) is 10.7 Å². The fourth-order valence-corrected chi connectivity index (χ4v) is 2.65. The van der Waals surface area contributed by atoms with Gasteiger partial charge in [-0.15, -0.1) is 11.8 Å². The Hall–Kier alpha value is -1.32. The van der Waals surface area contributed by atoms with E-state index in [0.717, 1.165) is 11.3 Å². The third-order valence-electron chi connectivity index (χ3n) is 2.93. The van der Waals surface area contributed by atoms with Crippen molar-refractivity contribution in [3.63, 3.8) is 0 Å². The van der Waals surface area contributed by atoms with E-state index >= 15 is 0 Å². The molecule has 1 heterocycles. The monoisotopic (exact) mass is 258 g/mol. The van der Waals surface area contributed by atoms with Crippen molar-refractivity contribution in [2.75, 3.05) is 5.75 Å². The van der Waals surface area contributed by atoms with Crippen LogP contribution in [0.1, 0.15) is 22.7 Å². The first-order valence-electron chi connectivity index (χ1n) is 6.02. The Morgan fingerprint density at radius 1 is 1.17 bits per heavy atom. The number of nitrogens with zero attached hydrogens (tertiary/aromatic N) is 1. The maximum Gasteiger partial charge on any atom is 0.0408 e. The summed E-state index contributed by atoms with van der Waals surface area (Å²) in [6, 6.07) is 10.6. The van der Waals surface area contributed by atoms with Crippen LogP contribution in [0.25, 0.3) is 0 Å². The lowest BCUT2D eigenvalue weighted by atomic mass is 10.1. The summed E-state index contributed by atoms with van der Waals surface area (Å²) in [5.74, 6) is 0.871. The van der Waals surface area contributed by atoms with Crippen LogP contribution in [0.3, 0.4) is 0 Å². The number of thioether (sulfide) groups is 1. The van der Waals surface area contributed by atoms with Gasteiger partial charge in [-0.2, -0.15) is 0 Å². The Morgan fingerprint density at radius 3 is 2.56 bits per heavy atom. The zero-order valence-corrected chi connectivity index (χ0v) is 11.6. The molecule has 0 aliphatic carbocycles. The molecule has 0 saturated heterocycles. The number of aryl methyl sites for hydroxylation is 2. The normalized spacial score (nSPS) is 12.4. The minimum atomic E-state index is 0.0324. The second-order valence-corrected chi connectivity index (χ2v) is 5.56. The second-order valence-electron chi connectivity index (χ2n) is 4.46. The first-order valence-corrected chi connectivity index (χ1v) is 7.01. The highest BCUT2D eigenvalue weighted by Crippen LogP contribution is 2.24. The van der Waals surface area contributed by atoms with Crippen molar-refractivity contribution in [1.82, 2.24) is 4.98 Å². The molecule has 0 bridgehead atoms. The van der Waals surface area contributed by atoms with Gasteiger partial charge in [0.25, 0.3) is 0 Å². The average Bonchev–Trinajstić information content (AvgIpc) is 2.38. The minimum absolute atomic E-state index is 0.0324. The van der Waals surface area contributed by atoms with Gasteiger partial charge in [-0.1, -0.05) is 17.7 Å². The lowest BCUT2D eigenvalue weighted by molar-refractivity contribution is 0.815. The predicted molar refractivity (Wildman–Crippen MR) is 77.8 cm³/mol. The first-order chi connectivity index (χ1) is 8.66. The van der Waals surface area contributed by atoms with Crippen molar-refractivity contribution >= 4 is 11.8 Å². The Kier molecular flexibility index (Phi) is 4.39. The summed E-state index contributed by atoms with van der Waals surface area (Å²) in [6.45, 7) is 4.17. The first kappa shape index (κ1) is 13.1. The Labute approximate surface area is 113 Å². The summed E-state index contributed by atoms with van der Waals surface area (Å²) in [7, 11) is 0. The van der Waals surface area contributed by atoms with Gasteiger partial charge in [0.15, 0.2) is 0 Å². The zero-order valence-electron chi connectivity index (χ0n) is 10.8. The molecule has 0 saturated carbocycles. The smallest absolute Gasteiger partial charge is 0.0408 e. The predicted octanol–water partition coefficient (Wildman–Crippen LogP) is 3.49. The van der Waals surface area contributed by atoms with E-state index in [1.165, 1.54) is 16.0 Å². The van der Waals surface area contributed by atoms with Crippen LogP contribution in [0.15, 0.2) is 47.6 Å². The van der Waals surface area contributed by atoms with Crippen LogP contribution < -0.4 is 5.73 Å². The Morgan fingerprint density at radius 2 is 1.89 bits per heavy atom. The topological polar surface area (TPSA) is 38.9 Å². The van der Waals surface area contributed by atoms with Crippen molar-refractivity contribution in [3.05, 3.63) is 59.4 Å². The van der Waals surface area contributed by atoms with Crippen LogP contribution in [-0.2, 0) is 0 Å². The highest BCUT2D eigenvalue weighted by Gasteiger charge is 2.09. The Bertz CT molecular complexity index is 508. The summed E-state index contributed by atoms with van der Waals surface area (Å²) in [6.07, 6.45) is 3.67. The molecule has 2 nitrogen and oxygen atoms in total. The van der Waals surface area contributed by atoms with Crippen molar-refractivity contribution in [2.24, 2.45) is 5.73 Å². The molecule has 0 aliphatic rings. The average molecular weight is 258 g/mol. The summed E-state index contributed by atoms with van der Waals surface area (Å²) in [5.41, 5.74) is 9.84. The zero-order chi connectivity index (χ0) is 13.0. The van der Waals surface area contributed by atoms with Gasteiger partial charge >= 0.3 is 0 Å². The molecule has 0 fully saturated rings. The van der Waals surface area contributed by atoms with Gasteiger partial charge in [-0.3, -0.25) is 4.98 Å². The van der Waals surface area contributed by atoms with E-state index in [0.29, 0.717) is 0 Å². The van der Waals surface area contributed by atoms with E-state index in [-0.39, 0.29) is 6.04 Å². The fraction of sp³-hybridized carbons (Fsp3) is 0.267. The Balaban J connectivity index is 1.98. The number of pyridine rings is 1. The molecule has 2 N–H and O–H groups in total. The number of hydrogen-bond donors (Lipinski definition) is 1. The number of benzene rings is 1. The molecule has 3 heteroatoms. The van der Waals surface area contributed by atoms with Gasteiger partial charge in [0.1, 0.15) is 0 Å². The van der Waals surface area contributed by atoms with E-state index in [2.05, 4.69) is 43.1 Å². The molecule has 1 unspecified atom stereocenters. The number of hydrogen-bond acceptors (Lipinski definition) is 3. The summed E-state index contributed by atoms with van der Waals surface area (Å²) < 4.78 is 0.